The maximum absolute atomic E-state index is 13.1. The van der Waals surface area contributed by atoms with Crippen LogP contribution in [0.25, 0.3) is 22.2 Å². The lowest BCUT2D eigenvalue weighted by Gasteiger charge is -2.28. The van der Waals surface area contributed by atoms with Crippen molar-refractivity contribution < 1.29 is 8.78 Å². The predicted molar refractivity (Wildman–Crippen MR) is 110 cm³/mol. The van der Waals surface area contributed by atoms with Crippen LogP contribution in [0.15, 0.2) is 42.7 Å². The molecular formula is C20H16F2N10. The van der Waals surface area contributed by atoms with Crippen LogP contribution >= 0.6 is 0 Å². The van der Waals surface area contributed by atoms with E-state index in [2.05, 4.69) is 36.5 Å². The van der Waals surface area contributed by atoms with Gasteiger partial charge in [0.2, 0.25) is 5.65 Å². The highest BCUT2D eigenvalue weighted by molar-refractivity contribution is 5.79. The number of rotatable bonds is 4. The SMILES string of the molecule is FC(F)c1nnc2n1CCN(c1cnc3nnn(Cc4ccc5ncccc5c4)c3n1)C2. The summed E-state index contributed by atoms with van der Waals surface area (Å²) in [5.74, 6) is 0.788. The summed E-state index contributed by atoms with van der Waals surface area (Å²) in [6, 6.07) is 9.94. The van der Waals surface area contributed by atoms with Crippen molar-refractivity contribution in [2.24, 2.45) is 0 Å². The van der Waals surface area contributed by atoms with E-state index in [0.29, 0.717) is 49.1 Å². The Labute approximate surface area is 179 Å². The van der Waals surface area contributed by atoms with Crippen LogP contribution in [0.3, 0.4) is 0 Å². The Hall–Kier alpha value is -4.09. The van der Waals surface area contributed by atoms with Gasteiger partial charge in [-0.15, -0.1) is 15.3 Å². The van der Waals surface area contributed by atoms with E-state index in [1.807, 2.05) is 29.2 Å². The molecule has 0 fully saturated rings. The molecule has 1 aliphatic rings. The molecule has 0 aliphatic carbocycles. The quantitative estimate of drug-likeness (QED) is 0.425. The van der Waals surface area contributed by atoms with Gasteiger partial charge in [-0.1, -0.05) is 17.3 Å². The van der Waals surface area contributed by atoms with Crippen molar-refractivity contribution in [3.8, 4) is 0 Å². The summed E-state index contributed by atoms with van der Waals surface area (Å²) >= 11 is 0. The minimum absolute atomic E-state index is 0.297. The van der Waals surface area contributed by atoms with Gasteiger partial charge in [0.05, 0.1) is 24.8 Å². The zero-order chi connectivity index (χ0) is 21.7. The summed E-state index contributed by atoms with van der Waals surface area (Å²) in [6.07, 6.45) is 0.732. The molecule has 1 aliphatic heterocycles. The number of fused-ring (bicyclic) bond motifs is 3. The van der Waals surface area contributed by atoms with Crippen LogP contribution < -0.4 is 4.90 Å². The summed E-state index contributed by atoms with van der Waals surface area (Å²) in [4.78, 5) is 15.4. The van der Waals surface area contributed by atoms with E-state index in [1.165, 1.54) is 4.57 Å². The third kappa shape index (κ3) is 3.11. The normalized spacial score (nSPS) is 13.9. The zero-order valence-electron chi connectivity index (χ0n) is 16.7. The maximum atomic E-state index is 13.1. The topological polar surface area (TPSA) is 103 Å². The lowest BCUT2D eigenvalue weighted by molar-refractivity contribution is 0.134. The van der Waals surface area contributed by atoms with Gasteiger partial charge < -0.3 is 9.47 Å². The lowest BCUT2D eigenvalue weighted by Crippen LogP contribution is -2.35. The van der Waals surface area contributed by atoms with Crippen molar-refractivity contribution in [2.75, 3.05) is 11.4 Å². The summed E-state index contributed by atoms with van der Waals surface area (Å²) in [5, 5.41) is 16.9. The number of aromatic nitrogens is 9. The molecule has 5 aromatic rings. The molecule has 0 spiro atoms. The number of benzene rings is 1. The van der Waals surface area contributed by atoms with Crippen molar-refractivity contribution in [1.82, 2.24) is 44.7 Å². The molecular weight excluding hydrogens is 418 g/mol. The van der Waals surface area contributed by atoms with Gasteiger partial charge >= 0.3 is 0 Å². The Morgan fingerprint density at radius 3 is 2.88 bits per heavy atom. The largest absolute Gasteiger partial charge is 0.346 e. The third-order valence-electron chi connectivity index (χ3n) is 5.52. The average molecular weight is 434 g/mol. The number of anilines is 1. The highest BCUT2D eigenvalue weighted by Crippen LogP contribution is 2.24. The first-order chi connectivity index (χ1) is 15.7. The molecule has 5 heterocycles. The monoisotopic (exact) mass is 434 g/mol. The van der Waals surface area contributed by atoms with E-state index in [-0.39, 0.29) is 5.82 Å². The van der Waals surface area contributed by atoms with Gasteiger partial charge in [0.25, 0.3) is 6.43 Å². The summed E-state index contributed by atoms with van der Waals surface area (Å²) in [7, 11) is 0. The maximum Gasteiger partial charge on any atom is 0.297 e. The molecule has 10 nitrogen and oxygen atoms in total. The molecule has 0 saturated heterocycles. The minimum atomic E-state index is -2.65. The number of hydrogen-bond acceptors (Lipinski definition) is 8. The van der Waals surface area contributed by atoms with E-state index in [1.54, 1.807) is 17.1 Å². The first-order valence-corrected chi connectivity index (χ1v) is 10.0. The summed E-state index contributed by atoms with van der Waals surface area (Å²) < 4.78 is 29.3. The van der Waals surface area contributed by atoms with Crippen LogP contribution in [0.4, 0.5) is 14.6 Å². The number of hydrogen-bond donors (Lipinski definition) is 0. The molecule has 4 aromatic heterocycles. The fraction of sp³-hybridized carbons (Fsp3) is 0.250. The van der Waals surface area contributed by atoms with Crippen LogP contribution in [0.5, 0.6) is 0 Å². The zero-order valence-corrected chi connectivity index (χ0v) is 16.7. The number of pyridine rings is 1. The van der Waals surface area contributed by atoms with Crippen molar-refractivity contribution in [2.45, 2.75) is 26.1 Å². The van der Waals surface area contributed by atoms with Crippen LogP contribution in [0.1, 0.15) is 23.6 Å². The molecule has 0 N–H and O–H groups in total. The van der Waals surface area contributed by atoms with Gasteiger partial charge in [-0.2, -0.15) is 0 Å². The van der Waals surface area contributed by atoms with Crippen molar-refractivity contribution in [3.05, 3.63) is 59.9 Å². The molecule has 0 saturated carbocycles. The molecule has 0 bridgehead atoms. The van der Waals surface area contributed by atoms with Crippen LogP contribution in [0.2, 0.25) is 0 Å². The van der Waals surface area contributed by atoms with Crippen LogP contribution in [-0.4, -0.2) is 51.3 Å². The Morgan fingerprint density at radius 2 is 1.97 bits per heavy atom. The van der Waals surface area contributed by atoms with E-state index in [4.69, 9.17) is 4.98 Å². The van der Waals surface area contributed by atoms with Gasteiger partial charge in [0.1, 0.15) is 5.82 Å². The van der Waals surface area contributed by atoms with Crippen molar-refractivity contribution >= 4 is 28.0 Å². The molecule has 0 radical (unpaired) electrons. The standard InChI is InChI=1S/C20H16F2N10/c21-17(22)19-28-26-16-11-30(6-7-31(16)19)15-9-24-18-20(25-15)32(29-27-18)10-12-3-4-14-13(8-12)2-1-5-23-14/h1-5,8-9,17H,6-7,10-11H2. The van der Waals surface area contributed by atoms with Gasteiger partial charge in [-0.3, -0.25) is 4.98 Å². The van der Waals surface area contributed by atoms with Crippen LogP contribution in [0, 0.1) is 0 Å². The van der Waals surface area contributed by atoms with Gasteiger partial charge in [-0.05, 0) is 23.8 Å². The highest BCUT2D eigenvalue weighted by Gasteiger charge is 2.26. The highest BCUT2D eigenvalue weighted by atomic mass is 19.3. The second kappa shape index (κ2) is 7.25. The molecule has 6 rings (SSSR count). The molecule has 32 heavy (non-hydrogen) atoms. The van der Waals surface area contributed by atoms with Crippen LogP contribution in [-0.2, 0) is 19.6 Å². The van der Waals surface area contributed by atoms with Gasteiger partial charge in [0.15, 0.2) is 17.3 Å². The Morgan fingerprint density at radius 1 is 1.03 bits per heavy atom. The Balaban J connectivity index is 1.30. The van der Waals surface area contributed by atoms with E-state index in [0.717, 1.165) is 16.5 Å². The molecule has 160 valence electrons. The fourth-order valence-electron chi connectivity index (χ4n) is 3.94. The molecule has 0 amide bonds. The molecule has 1 aromatic carbocycles. The first kappa shape index (κ1) is 18.7. The Bertz CT molecular complexity index is 1440. The van der Waals surface area contributed by atoms with E-state index >= 15 is 0 Å². The number of nitrogens with zero attached hydrogens (tertiary/aromatic N) is 10. The second-order valence-corrected chi connectivity index (χ2v) is 7.50. The molecule has 0 atom stereocenters. The minimum Gasteiger partial charge on any atom is -0.346 e. The number of alkyl halides is 2. The van der Waals surface area contributed by atoms with Crippen molar-refractivity contribution in [3.63, 3.8) is 0 Å². The van der Waals surface area contributed by atoms with E-state index < -0.39 is 6.43 Å². The number of halogens is 2. The Kier molecular flexibility index (Phi) is 4.23. The molecule has 12 heteroatoms. The summed E-state index contributed by atoms with van der Waals surface area (Å²) in [5.41, 5.74) is 2.95. The fourth-order valence-corrected chi connectivity index (χ4v) is 3.94. The van der Waals surface area contributed by atoms with E-state index in [9.17, 15) is 8.78 Å². The third-order valence-corrected chi connectivity index (χ3v) is 5.52. The lowest BCUT2D eigenvalue weighted by atomic mass is 10.1. The second-order valence-electron chi connectivity index (χ2n) is 7.50. The predicted octanol–water partition coefficient (Wildman–Crippen LogP) is 2.37. The van der Waals surface area contributed by atoms with Gasteiger partial charge in [0, 0.05) is 24.7 Å². The van der Waals surface area contributed by atoms with Gasteiger partial charge in [-0.25, -0.2) is 23.4 Å². The average Bonchev–Trinajstić information content (AvgIpc) is 3.42. The first-order valence-electron chi connectivity index (χ1n) is 10.0. The van der Waals surface area contributed by atoms with Crippen molar-refractivity contribution in [1.29, 1.82) is 0 Å². The smallest absolute Gasteiger partial charge is 0.297 e. The molecule has 0 unspecified atom stereocenters. The summed E-state index contributed by atoms with van der Waals surface area (Å²) in [6.45, 7) is 1.64.